The molecule has 0 saturated heterocycles. The number of pyridine rings is 1. The van der Waals surface area contributed by atoms with Gasteiger partial charge in [-0.05, 0) is 25.1 Å². The highest BCUT2D eigenvalue weighted by Gasteiger charge is 2.16. The number of nitrogens with zero attached hydrogens (tertiary/aromatic N) is 2. The monoisotopic (exact) mass is 301 g/mol. The number of methoxy groups -OCH3 is 1. The smallest absolute Gasteiger partial charge is 0.259 e. The van der Waals surface area contributed by atoms with Crippen LogP contribution in [0.3, 0.4) is 0 Å². The van der Waals surface area contributed by atoms with E-state index in [0.29, 0.717) is 16.4 Å². The Labute approximate surface area is 126 Å². The van der Waals surface area contributed by atoms with Crippen molar-refractivity contribution in [3.05, 3.63) is 35.5 Å². The van der Waals surface area contributed by atoms with E-state index in [4.69, 9.17) is 4.74 Å². The lowest BCUT2D eigenvalue weighted by molar-refractivity contribution is 0.0977. The molecule has 21 heavy (non-hydrogen) atoms. The van der Waals surface area contributed by atoms with Crippen molar-refractivity contribution in [2.45, 2.75) is 6.92 Å². The molecular formula is C15H15N3O2S. The van der Waals surface area contributed by atoms with E-state index in [1.807, 2.05) is 31.2 Å². The Morgan fingerprint density at radius 3 is 2.95 bits per heavy atom. The lowest BCUT2D eigenvalue weighted by Crippen LogP contribution is -2.28. The van der Waals surface area contributed by atoms with Crippen molar-refractivity contribution in [1.82, 2.24) is 10.3 Å². The predicted octanol–water partition coefficient (Wildman–Crippen LogP) is 2.38. The summed E-state index contributed by atoms with van der Waals surface area (Å²) in [4.78, 5) is 21.0. The zero-order valence-electron chi connectivity index (χ0n) is 11.8. The number of carbonyl (C=O) groups excluding carboxylic acids is 1. The van der Waals surface area contributed by atoms with Crippen LogP contribution in [0.2, 0.25) is 0 Å². The molecule has 0 fully saturated rings. The van der Waals surface area contributed by atoms with E-state index in [9.17, 15) is 4.79 Å². The fraction of sp³-hybridized carbons (Fsp3) is 0.267. The molecule has 3 rings (SSSR count). The average molecular weight is 301 g/mol. The number of carbonyl (C=O) groups is 1. The second-order valence-corrected chi connectivity index (χ2v) is 5.75. The number of nitrogens with one attached hydrogen (secondary N) is 1. The zero-order valence-corrected chi connectivity index (χ0v) is 12.7. The van der Waals surface area contributed by atoms with Crippen molar-refractivity contribution >= 4 is 33.7 Å². The molecule has 1 aliphatic rings. The molecule has 5 nitrogen and oxygen atoms in total. The van der Waals surface area contributed by atoms with Gasteiger partial charge in [0.1, 0.15) is 5.75 Å². The Balaban J connectivity index is 1.94. The number of rotatable bonds is 2. The fourth-order valence-electron chi connectivity index (χ4n) is 2.18. The number of fused-ring (bicyclic) bond motifs is 1. The van der Waals surface area contributed by atoms with E-state index in [-0.39, 0.29) is 5.91 Å². The molecule has 0 radical (unpaired) electrons. The van der Waals surface area contributed by atoms with Gasteiger partial charge in [-0.3, -0.25) is 14.8 Å². The Morgan fingerprint density at radius 1 is 1.38 bits per heavy atom. The Kier molecular flexibility index (Phi) is 3.79. The van der Waals surface area contributed by atoms with Gasteiger partial charge in [0.25, 0.3) is 5.91 Å². The number of ether oxygens (including phenoxy) is 1. The molecule has 108 valence electrons. The maximum Gasteiger partial charge on any atom is 0.259 e. The van der Waals surface area contributed by atoms with Crippen LogP contribution < -0.4 is 10.1 Å². The van der Waals surface area contributed by atoms with E-state index in [2.05, 4.69) is 15.3 Å². The van der Waals surface area contributed by atoms with Crippen LogP contribution in [0.1, 0.15) is 16.1 Å². The molecule has 1 aliphatic heterocycles. The minimum Gasteiger partial charge on any atom is -0.497 e. The normalized spacial score (nSPS) is 14.1. The lowest BCUT2D eigenvalue weighted by atomic mass is 10.1. The second kappa shape index (κ2) is 5.73. The van der Waals surface area contributed by atoms with Crippen LogP contribution in [0.25, 0.3) is 10.9 Å². The van der Waals surface area contributed by atoms with Gasteiger partial charge in [0.15, 0.2) is 5.17 Å². The van der Waals surface area contributed by atoms with Crippen molar-refractivity contribution in [1.29, 1.82) is 0 Å². The molecule has 1 aromatic carbocycles. The highest BCUT2D eigenvalue weighted by Crippen LogP contribution is 2.22. The summed E-state index contributed by atoms with van der Waals surface area (Å²) in [6.45, 7) is 2.59. The van der Waals surface area contributed by atoms with Crippen LogP contribution in [0.4, 0.5) is 0 Å². The largest absolute Gasteiger partial charge is 0.497 e. The SMILES string of the molecule is COc1ccc2cc(C(=O)NC3=NCCS3)c(C)nc2c1. The van der Waals surface area contributed by atoms with Gasteiger partial charge < -0.3 is 10.1 Å². The van der Waals surface area contributed by atoms with Gasteiger partial charge in [-0.2, -0.15) is 0 Å². The number of amides is 1. The van der Waals surface area contributed by atoms with Crippen LogP contribution in [-0.2, 0) is 0 Å². The summed E-state index contributed by atoms with van der Waals surface area (Å²) in [5.41, 5.74) is 2.08. The van der Waals surface area contributed by atoms with E-state index in [0.717, 1.165) is 29.0 Å². The van der Waals surface area contributed by atoms with E-state index in [1.165, 1.54) is 0 Å². The van der Waals surface area contributed by atoms with E-state index >= 15 is 0 Å². The molecule has 0 aliphatic carbocycles. The summed E-state index contributed by atoms with van der Waals surface area (Å²) < 4.78 is 5.19. The maximum atomic E-state index is 12.3. The first-order valence-electron chi connectivity index (χ1n) is 6.61. The summed E-state index contributed by atoms with van der Waals surface area (Å²) in [5.74, 6) is 1.51. The third-order valence-electron chi connectivity index (χ3n) is 3.27. The van der Waals surface area contributed by atoms with E-state index < -0.39 is 0 Å². The minimum absolute atomic E-state index is 0.161. The first-order chi connectivity index (χ1) is 10.2. The van der Waals surface area contributed by atoms with Gasteiger partial charge in [0.05, 0.1) is 30.4 Å². The number of benzene rings is 1. The lowest BCUT2D eigenvalue weighted by Gasteiger charge is -2.09. The standard InChI is InChI=1S/C15H15N3O2S/c1-9-12(14(19)18-15-16-5-6-21-15)7-10-3-4-11(20-2)8-13(10)17-9/h3-4,7-8H,5-6H2,1-2H3,(H,16,18,19). The van der Waals surface area contributed by atoms with Crippen molar-refractivity contribution in [2.75, 3.05) is 19.4 Å². The number of amidine groups is 1. The third-order valence-corrected chi connectivity index (χ3v) is 4.16. The van der Waals surface area contributed by atoms with Crippen molar-refractivity contribution in [3.8, 4) is 5.75 Å². The van der Waals surface area contributed by atoms with Gasteiger partial charge in [-0.15, -0.1) is 0 Å². The zero-order chi connectivity index (χ0) is 14.8. The molecular weight excluding hydrogens is 286 g/mol. The molecule has 1 amide bonds. The maximum absolute atomic E-state index is 12.3. The molecule has 1 aromatic heterocycles. The number of thioether (sulfide) groups is 1. The second-order valence-electron chi connectivity index (χ2n) is 4.67. The van der Waals surface area contributed by atoms with Crippen LogP contribution in [0, 0.1) is 6.92 Å². The summed E-state index contributed by atoms with van der Waals surface area (Å²) in [6.07, 6.45) is 0. The number of aryl methyl sites for hydroxylation is 1. The average Bonchev–Trinajstić information content (AvgIpc) is 2.98. The van der Waals surface area contributed by atoms with Gasteiger partial charge in [-0.25, -0.2) is 0 Å². The minimum atomic E-state index is -0.161. The van der Waals surface area contributed by atoms with Gasteiger partial charge >= 0.3 is 0 Å². The quantitative estimate of drug-likeness (QED) is 0.925. The first-order valence-corrected chi connectivity index (χ1v) is 7.60. The Bertz CT molecular complexity index is 743. The molecule has 6 heteroatoms. The van der Waals surface area contributed by atoms with Crippen molar-refractivity contribution in [3.63, 3.8) is 0 Å². The van der Waals surface area contributed by atoms with Gasteiger partial charge in [0, 0.05) is 17.2 Å². The molecule has 2 aromatic rings. The van der Waals surface area contributed by atoms with Crippen LogP contribution in [-0.4, -0.2) is 35.5 Å². The van der Waals surface area contributed by atoms with Gasteiger partial charge in [0.2, 0.25) is 0 Å². The topological polar surface area (TPSA) is 63.6 Å². The molecule has 0 unspecified atom stereocenters. The summed E-state index contributed by atoms with van der Waals surface area (Å²) in [5, 5.41) is 4.43. The van der Waals surface area contributed by atoms with Crippen LogP contribution in [0.5, 0.6) is 5.75 Å². The number of hydrogen-bond donors (Lipinski definition) is 1. The summed E-state index contributed by atoms with van der Waals surface area (Å²) in [6, 6.07) is 7.48. The van der Waals surface area contributed by atoms with Crippen LogP contribution in [0.15, 0.2) is 29.3 Å². The highest BCUT2D eigenvalue weighted by atomic mass is 32.2. The first kappa shape index (κ1) is 13.9. The van der Waals surface area contributed by atoms with Crippen molar-refractivity contribution < 1.29 is 9.53 Å². The third kappa shape index (κ3) is 2.85. The Morgan fingerprint density at radius 2 is 2.24 bits per heavy atom. The summed E-state index contributed by atoms with van der Waals surface area (Å²) in [7, 11) is 1.62. The fourth-order valence-corrected chi connectivity index (χ4v) is 2.90. The summed E-state index contributed by atoms with van der Waals surface area (Å²) >= 11 is 1.56. The van der Waals surface area contributed by atoms with Gasteiger partial charge in [-0.1, -0.05) is 11.8 Å². The molecule has 0 saturated carbocycles. The molecule has 2 heterocycles. The van der Waals surface area contributed by atoms with Crippen molar-refractivity contribution in [2.24, 2.45) is 4.99 Å². The number of aliphatic imine (C=N–C) groups is 1. The van der Waals surface area contributed by atoms with Crippen LogP contribution >= 0.6 is 11.8 Å². The molecule has 0 atom stereocenters. The number of aromatic nitrogens is 1. The molecule has 0 spiro atoms. The highest BCUT2D eigenvalue weighted by molar-refractivity contribution is 8.14. The number of hydrogen-bond acceptors (Lipinski definition) is 5. The Hall–Kier alpha value is -2.08. The molecule has 1 N–H and O–H groups in total. The molecule has 0 bridgehead atoms. The van der Waals surface area contributed by atoms with E-state index in [1.54, 1.807) is 18.9 Å². The predicted molar refractivity (Wildman–Crippen MR) is 85.3 cm³/mol.